The molecule has 2 rings (SSSR count). The molecule has 12 nitrogen and oxygen atoms in total. The SMILES string of the molecule is O=C(O)CNC(=O)C(CC(=O)O)NC(=O)C(Cc1ccc(O)cc1)NC(=O)C1CCCN1. The minimum absolute atomic E-state index is 0.0150. The highest BCUT2D eigenvalue weighted by molar-refractivity contribution is 5.95. The van der Waals surface area contributed by atoms with Gasteiger partial charge in [0.05, 0.1) is 12.5 Å². The molecule has 0 aromatic heterocycles. The Morgan fingerprint density at radius 2 is 1.66 bits per heavy atom. The lowest BCUT2D eigenvalue weighted by Crippen LogP contribution is -2.57. The molecule has 0 saturated carbocycles. The molecule has 0 spiro atoms. The van der Waals surface area contributed by atoms with Gasteiger partial charge in [0.25, 0.3) is 0 Å². The number of carboxylic acids is 2. The van der Waals surface area contributed by atoms with Crippen molar-refractivity contribution in [1.82, 2.24) is 21.3 Å². The number of phenolic OH excluding ortho intramolecular Hbond substituents is 1. The number of carboxylic acid groups (broad SMARTS) is 2. The van der Waals surface area contributed by atoms with E-state index in [1.54, 1.807) is 12.1 Å². The molecule has 12 heteroatoms. The maximum Gasteiger partial charge on any atom is 0.322 e. The largest absolute Gasteiger partial charge is 0.508 e. The van der Waals surface area contributed by atoms with Crippen LogP contribution >= 0.6 is 0 Å². The number of hydrogen-bond acceptors (Lipinski definition) is 7. The Morgan fingerprint density at radius 3 is 2.22 bits per heavy atom. The van der Waals surface area contributed by atoms with Crippen LogP contribution in [0.1, 0.15) is 24.8 Å². The maximum absolute atomic E-state index is 12.9. The molecule has 1 aromatic carbocycles. The van der Waals surface area contributed by atoms with E-state index in [1.807, 2.05) is 5.32 Å². The summed E-state index contributed by atoms with van der Waals surface area (Å²) in [5, 5.41) is 37.2. The molecule has 1 aliphatic heterocycles. The van der Waals surface area contributed by atoms with Gasteiger partial charge in [-0.1, -0.05) is 12.1 Å². The van der Waals surface area contributed by atoms with Crippen LogP contribution in [-0.2, 0) is 30.4 Å². The predicted molar refractivity (Wildman–Crippen MR) is 110 cm³/mol. The van der Waals surface area contributed by atoms with E-state index in [0.717, 1.165) is 6.42 Å². The van der Waals surface area contributed by atoms with Crippen LogP contribution in [0, 0.1) is 0 Å². The smallest absolute Gasteiger partial charge is 0.322 e. The van der Waals surface area contributed by atoms with Gasteiger partial charge in [-0.05, 0) is 37.1 Å². The Labute approximate surface area is 183 Å². The summed E-state index contributed by atoms with van der Waals surface area (Å²) in [6.07, 6.45) is 0.637. The van der Waals surface area contributed by atoms with Gasteiger partial charge in [0.15, 0.2) is 0 Å². The molecule has 0 aliphatic carbocycles. The normalized spacial score (nSPS) is 17.1. The second-order valence-corrected chi connectivity index (χ2v) is 7.35. The van der Waals surface area contributed by atoms with Crippen LogP contribution in [-0.4, -0.2) is 76.2 Å². The number of carbonyl (C=O) groups is 5. The Kier molecular flexibility index (Phi) is 8.95. The van der Waals surface area contributed by atoms with Gasteiger partial charge in [0, 0.05) is 6.42 Å². The molecule has 7 N–H and O–H groups in total. The first-order valence-corrected chi connectivity index (χ1v) is 9.99. The van der Waals surface area contributed by atoms with E-state index >= 15 is 0 Å². The molecule has 174 valence electrons. The van der Waals surface area contributed by atoms with Gasteiger partial charge in [0.1, 0.15) is 24.4 Å². The van der Waals surface area contributed by atoms with Crippen molar-refractivity contribution >= 4 is 29.7 Å². The van der Waals surface area contributed by atoms with Crippen molar-refractivity contribution in [3.8, 4) is 5.75 Å². The van der Waals surface area contributed by atoms with Crippen LogP contribution in [0.15, 0.2) is 24.3 Å². The van der Waals surface area contributed by atoms with Gasteiger partial charge < -0.3 is 36.6 Å². The Bertz CT molecular complexity index is 852. The molecule has 1 aromatic rings. The number of hydrogen-bond donors (Lipinski definition) is 7. The van der Waals surface area contributed by atoms with E-state index in [0.29, 0.717) is 18.5 Å². The van der Waals surface area contributed by atoms with Crippen molar-refractivity contribution in [3.63, 3.8) is 0 Å². The van der Waals surface area contributed by atoms with E-state index in [1.165, 1.54) is 12.1 Å². The molecule has 1 saturated heterocycles. The zero-order chi connectivity index (χ0) is 23.7. The third-order valence-corrected chi connectivity index (χ3v) is 4.81. The van der Waals surface area contributed by atoms with Gasteiger partial charge in [-0.2, -0.15) is 0 Å². The van der Waals surface area contributed by atoms with Crippen LogP contribution in [0.2, 0.25) is 0 Å². The second kappa shape index (κ2) is 11.6. The summed E-state index contributed by atoms with van der Waals surface area (Å²) in [4.78, 5) is 59.4. The van der Waals surface area contributed by atoms with Crippen LogP contribution in [0.3, 0.4) is 0 Å². The summed E-state index contributed by atoms with van der Waals surface area (Å²) < 4.78 is 0. The fraction of sp³-hybridized carbons (Fsp3) is 0.450. The first-order valence-electron chi connectivity index (χ1n) is 9.99. The summed E-state index contributed by atoms with van der Waals surface area (Å²) in [6.45, 7) is -0.0802. The number of carbonyl (C=O) groups excluding carboxylic acids is 3. The lowest BCUT2D eigenvalue weighted by Gasteiger charge is -2.23. The van der Waals surface area contributed by atoms with Gasteiger partial charge in [0.2, 0.25) is 17.7 Å². The Hall–Kier alpha value is -3.67. The third kappa shape index (κ3) is 7.87. The quantitative estimate of drug-likeness (QED) is 0.206. The van der Waals surface area contributed by atoms with Crippen LogP contribution in [0.5, 0.6) is 5.75 Å². The van der Waals surface area contributed by atoms with Crippen LogP contribution in [0.4, 0.5) is 0 Å². The van der Waals surface area contributed by atoms with Gasteiger partial charge in [-0.3, -0.25) is 24.0 Å². The Morgan fingerprint density at radius 1 is 0.969 bits per heavy atom. The van der Waals surface area contributed by atoms with E-state index in [4.69, 9.17) is 10.2 Å². The Balaban J connectivity index is 2.15. The van der Waals surface area contributed by atoms with Crippen molar-refractivity contribution in [2.45, 2.75) is 43.8 Å². The number of aromatic hydroxyl groups is 1. The van der Waals surface area contributed by atoms with Crippen molar-refractivity contribution in [1.29, 1.82) is 0 Å². The molecular weight excluding hydrogens is 424 g/mol. The number of rotatable bonds is 11. The van der Waals surface area contributed by atoms with Crippen LogP contribution < -0.4 is 21.3 Å². The average molecular weight is 450 g/mol. The highest BCUT2D eigenvalue weighted by Gasteiger charge is 2.31. The first-order chi connectivity index (χ1) is 15.2. The van der Waals surface area contributed by atoms with Gasteiger partial charge in [-0.15, -0.1) is 0 Å². The lowest BCUT2D eigenvalue weighted by molar-refractivity contribution is -0.141. The zero-order valence-electron chi connectivity index (χ0n) is 17.2. The van der Waals surface area contributed by atoms with E-state index < -0.39 is 60.8 Å². The maximum atomic E-state index is 12.9. The van der Waals surface area contributed by atoms with Crippen molar-refractivity contribution in [2.24, 2.45) is 0 Å². The number of benzene rings is 1. The number of amides is 3. The summed E-state index contributed by atoms with van der Waals surface area (Å²) >= 11 is 0. The molecule has 0 bridgehead atoms. The van der Waals surface area contributed by atoms with Crippen molar-refractivity contribution < 1.29 is 39.3 Å². The van der Waals surface area contributed by atoms with E-state index in [2.05, 4.69) is 16.0 Å². The standard InChI is InChI=1S/C20H26N4O8/c25-12-5-3-11(4-6-12)8-14(23-19(31)13-2-1-7-21-13)20(32)24-15(9-16(26)27)18(30)22-10-17(28)29/h3-6,13-15,21,25H,1-2,7-10H2,(H,22,30)(H,23,31)(H,24,32)(H,26,27)(H,28,29). The minimum atomic E-state index is -1.54. The van der Waals surface area contributed by atoms with Crippen molar-refractivity contribution in [2.75, 3.05) is 13.1 Å². The third-order valence-electron chi connectivity index (χ3n) is 4.81. The van der Waals surface area contributed by atoms with Gasteiger partial charge in [-0.25, -0.2) is 0 Å². The zero-order valence-corrected chi connectivity index (χ0v) is 17.2. The highest BCUT2D eigenvalue weighted by atomic mass is 16.4. The summed E-state index contributed by atoms with van der Waals surface area (Å²) in [5.74, 6) is -4.89. The van der Waals surface area contributed by atoms with Crippen molar-refractivity contribution in [3.05, 3.63) is 29.8 Å². The molecule has 32 heavy (non-hydrogen) atoms. The van der Waals surface area contributed by atoms with Gasteiger partial charge >= 0.3 is 11.9 Å². The molecule has 3 unspecified atom stereocenters. The molecular formula is C20H26N4O8. The molecule has 1 fully saturated rings. The lowest BCUT2D eigenvalue weighted by atomic mass is 10.0. The molecule has 1 heterocycles. The fourth-order valence-electron chi connectivity index (χ4n) is 3.20. The van der Waals surface area contributed by atoms with E-state index in [9.17, 15) is 29.1 Å². The fourth-order valence-corrected chi connectivity index (χ4v) is 3.20. The van der Waals surface area contributed by atoms with E-state index in [-0.39, 0.29) is 12.2 Å². The average Bonchev–Trinajstić information content (AvgIpc) is 3.27. The molecule has 3 amide bonds. The predicted octanol–water partition coefficient (Wildman–Crippen LogP) is -1.67. The minimum Gasteiger partial charge on any atom is -0.508 e. The topological polar surface area (TPSA) is 194 Å². The second-order valence-electron chi connectivity index (χ2n) is 7.35. The summed E-state index contributed by atoms with van der Waals surface area (Å²) in [6, 6.07) is 2.79. The monoisotopic (exact) mass is 450 g/mol. The number of nitrogens with one attached hydrogen (secondary N) is 4. The highest BCUT2D eigenvalue weighted by Crippen LogP contribution is 2.12. The van der Waals surface area contributed by atoms with Crippen LogP contribution in [0.25, 0.3) is 0 Å². The number of aliphatic carboxylic acids is 2. The molecule has 1 aliphatic rings. The number of phenols is 1. The summed E-state index contributed by atoms with van der Waals surface area (Å²) in [5.41, 5.74) is 0.604. The molecule has 0 radical (unpaired) electrons. The first kappa shape index (κ1) is 24.6. The molecule has 3 atom stereocenters. The summed E-state index contributed by atoms with van der Waals surface area (Å²) in [7, 11) is 0.